The van der Waals surface area contributed by atoms with Crippen molar-refractivity contribution in [1.29, 1.82) is 0 Å². The third kappa shape index (κ3) is 2.71. The summed E-state index contributed by atoms with van der Waals surface area (Å²) in [5, 5.41) is 0. The molecule has 1 aliphatic carbocycles. The molecule has 1 aliphatic heterocycles. The molecule has 0 aromatic carbocycles. The molecular formula is C12H19NSe. The molecule has 0 saturated carbocycles. The molecule has 0 amide bonds. The molecule has 0 radical (unpaired) electrons. The van der Waals surface area contributed by atoms with E-state index in [0.29, 0.717) is 0 Å². The van der Waals surface area contributed by atoms with Crippen molar-refractivity contribution in [2.45, 2.75) is 44.9 Å². The van der Waals surface area contributed by atoms with E-state index in [1.165, 1.54) is 62.6 Å². The number of likely N-dealkylation sites (tertiary alicyclic amines) is 1. The Morgan fingerprint density at radius 1 is 1.21 bits per heavy atom. The first-order valence-electron chi connectivity index (χ1n) is 5.82. The fraction of sp³-hybridized carbons (Fsp3) is 0.750. The first-order valence-corrected chi connectivity index (χ1v) is 6.67. The van der Waals surface area contributed by atoms with Crippen LogP contribution in [0.5, 0.6) is 0 Å². The summed E-state index contributed by atoms with van der Waals surface area (Å²) in [6, 6.07) is 0. The fourth-order valence-corrected chi connectivity index (χ4v) is 3.11. The number of rotatable bonds is 3. The molecule has 0 aromatic rings. The van der Waals surface area contributed by atoms with Crippen molar-refractivity contribution in [2.75, 3.05) is 13.1 Å². The summed E-state index contributed by atoms with van der Waals surface area (Å²) in [7, 11) is 0. The van der Waals surface area contributed by atoms with Crippen LogP contribution in [0.25, 0.3) is 0 Å². The van der Waals surface area contributed by atoms with E-state index in [4.69, 9.17) is 0 Å². The minimum atomic E-state index is 1.19. The van der Waals surface area contributed by atoms with E-state index in [2.05, 4.69) is 26.6 Å². The van der Waals surface area contributed by atoms with Crippen LogP contribution in [0.4, 0.5) is 0 Å². The van der Waals surface area contributed by atoms with Gasteiger partial charge >= 0.3 is 94.7 Å². The average Bonchev–Trinajstić information content (AvgIpc) is 2.72. The maximum absolute atomic E-state index is 3.27. The molecule has 0 aromatic heterocycles. The Morgan fingerprint density at radius 3 is 2.64 bits per heavy atom. The van der Waals surface area contributed by atoms with Crippen LogP contribution in [0.2, 0.25) is 0 Å². The van der Waals surface area contributed by atoms with Crippen molar-refractivity contribution in [1.82, 2.24) is 4.90 Å². The van der Waals surface area contributed by atoms with Gasteiger partial charge in [-0.1, -0.05) is 0 Å². The Morgan fingerprint density at radius 2 is 2.00 bits per heavy atom. The molecule has 0 N–H and O–H groups in total. The first-order chi connectivity index (χ1) is 6.86. The van der Waals surface area contributed by atoms with E-state index in [0.717, 1.165) is 0 Å². The van der Waals surface area contributed by atoms with Crippen LogP contribution in [0.1, 0.15) is 44.9 Å². The zero-order valence-corrected chi connectivity index (χ0v) is 10.5. The molecule has 2 aliphatic rings. The van der Waals surface area contributed by atoms with Gasteiger partial charge < -0.3 is 0 Å². The number of allylic oxidation sites excluding steroid dienone is 1. The summed E-state index contributed by atoms with van der Waals surface area (Å²) in [5.74, 6) is 0. The van der Waals surface area contributed by atoms with Crippen LogP contribution < -0.4 is 0 Å². The van der Waals surface area contributed by atoms with Gasteiger partial charge in [0, 0.05) is 0 Å². The molecule has 1 nitrogen and oxygen atoms in total. The summed E-state index contributed by atoms with van der Waals surface area (Å²) in [6.07, 6.45) is 11.8. The Balaban J connectivity index is 1.83. The summed E-state index contributed by atoms with van der Waals surface area (Å²) >= 11 is 3.27. The second-order valence-corrected chi connectivity index (χ2v) is 5.36. The van der Waals surface area contributed by atoms with E-state index in [9.17, 15) is 0 Å². The van der Waals surface area contributed by atoms with Crippen LogP contribution in [-0.4, -0.2) is 38.1 Å². The van der Waals surface area contributed by atoms with E-state index in [-0.39, 0.29) is 0 Å². The van der Waals surface area contributed by atoms with Crippen molar-refractivity contribution in [3.63, 3.8) is 0 Å². The Hall–Kier alpha value is -0.0705. The molecule has 1 heterocycles. The van der Waals surface area contributed by atoms with Crippen molar-refractivity contribution in [3.8, 4) is 0 Å². The van der Waals surface area contributed by atoms with Crippen LogP contribution in [0.3, 0.4) is 0 Å². The van der Waals surface area contributed by atoms with Gasteiger partial charge in [0.1, 0.15) is 0 Å². The third-order valence-electron chi connectivity index (χ3n) is 3.22. The minimum absolute atomic E-state index is 1.19. The molecule has 1 saturated heterocycles. The topological polar surface area (TPSA) is 3.24 Å². The van der Waals surface area contributed by atoms with Crippen molar-refractivity contribution >= 4 is 20.1 Å². The van der Waals surface area contributed by atoms with Crippen LogP contribution in [-0.2, 0) is 0 Å². The van der Waals surface area contributed by atoms with Gasteiger partial charge in [-0.3, -0.25) is 0 Å². The van der Waals surface area contributed by atoms with E-state index < -0.39 is 0 Å². The fourth-order valence-electron chi connectivity index (χ4n) is 2.34. The van der Waals surface area contributed by atoms with Crippen LogP contribution in [0, 0.1) is 0 Å². The zero-order chi connectivity index (χ0) is 9.80. The van der Waals surface area contributed by atoms with Gasteiger partial charge in [0.25, 0.3) is 0 Å². The van der Waals surface area contributed by atoms with Gasteiger partial charge in [0.2, 0.25) is 0 Å². The Bertz CT molecular complexity index is 239. The normalized spacial score (nSPS) is 22.3. The number of hydrogen-bond acceptors (Lipinski definition) is 1. The predicted octanol–water partition coefficient (Wildman–Crippen LogP) is 2.27. The summed E-state index contributed by atoms with van der Waals surface area (Å²) < 4.78 is 1.48. The Kier molecular flexibility index (Phi) is 3.83. The van der Waals surface area contributed by atoms with Gasteiger partial charge in [-0.15, -0.1) is 0 Å². The molecule has 14 heavy (non-hydrogen) atoms. The average molecular weight is 256 g/mol. The van der Waals surface area contributed by atoms with Gasteiger partial charge in [-0.2, -0.15) is 0 Å². The van der Waals surface area contributed by atoms with Gasteiger partial charge in [-0.05, 0) is 0 Å². The number of hydrogen-bond donors (Lipinski definition) is 0. The second kappa shape index (κ2) is 5.14. The first kappa shape index (κ1) is 10.4. The molecule has 0 unspecified atom stereocenters. The zero-order valence-electron chi connectivity index (χ0n) is 8.80. The van der Waals surface area contributed by atoms with E-state index in [1.807, 2.05) is 0 Å². The Labute approximate surface area is 94.9 Å². The third-order valence-corrected chi connectivity index (χ3v) is 4.07. The predicted molar refractivity (Wildman–Crippen MR) is 62.7 cm³/mol. The standard InChI is InChI=1S/C12H19NSe/c14-12(13-8-4-5-9-13)10-11-6-2-1-3-7-11/h6H,1-5,7-10H2. The summed E-state index contributed by atoms with van der Waals surface area (Å²) in [5.41, 5.74) is 1.66. The monoisotopic (exact) mass is 257 g/mol. The van der Waals surface area contributed by atoms with Crippen molar-refractivity contribution < 1.29 is 0 Å². The molecular weight excluding hydrogens is 237 g/mol. The van der Waals surface area contributed by atoms with Gasteiger partial charge in [-0.25, -0.2) is 0 Å². The van der Waals surface area contributed by atoms with E-state index >= 15 is 0 Å². The SMILES string of the molecule is [Se]=C(CC1=CCCCC1)N1CCCC1. The van der Waals surface area contributed by atoms with E-state index in [1.54, 1.807) is 5.57 Å². The van der Waals surface area contributed by atoms with Crippen LogP contribution in [0.15, 0.2) is 11.6 Å². The van der Waals surface area contributed by atoms with Gasteiger partial charge in [0.15, 0.2) is 0 Å². The molecule has 0 spiro atoms. The molecule has 78 valence electrons. The molecule has 2 heteroatoms. The number of nitrogens with zero attached hydrogens (tertiary/aromatic N) is 1. The maximum atomic E-state index is 3.27. The summed E-state index contributed by atoms with van der Waals surface area (Å²) in [6.45, 7) is 2.55. The molecule has 2 rings (SSSR count). The van der Waals surface area contributed by atoms with Crippen LogP contribution >= 0.6 is 0 Å². The van der Waals surface area contributed by atoms with Crippen molar-refractivity contribution in [3.05, 3.63) is 11.6 Å². The summed E-state index contributed by atoms with van der Waals surface area (Å²) in [4.78, 5) is 2.52. The molecule has 0 atom stereocenters. The van der Waals surface area contributed by atoms with Crippen molar-refractivity contribution in [2.24, 2.45) is 0 Å². The molecule has 1 fully saturated rings. The second-order valence-electron chi connectivity index (χ2n) is 4.37. The quantitative estimate of drug-likeness (QED) is 0.553. The van der Waals surface area contributed by atoms with Gasteiger partial charge in [0.05, 0.1) is 0 Å². The molecule has 0 bridgehead atoms.